The van der Waals surface area contributed by atoms with Gasteiger partial charge >= 0.3 is 0 Å². The van der Waals surface area contributed by atoms with Crippen molar-refractivity contribution in [2.75, 3.05) is 20.7 Å². The van der Waals surface area contributed by atoms with Gasteiger partial charge in [-0.15, -0.1) is 0 Å². The molecule has 0 aromatic heterocycles. The molecule has 0 spiro atoms. The van der Waals surface area contributed by atoms with E-state index in [4.69, 9.17) is 4.74 Å². The Morgan fingerprint density at radius 1 is 1.29 bits per heavy atom. The SMILES string of the molecule is COc1cccc(CN(C)CC(C)(C)C)c1O. The van der Waals surface area contributed by atoms with Crippen LogP contribution in [0.2, 0.25) is 0 Å². The smallest absolute Gasteiger partial charge is 0.162 e. The van der Waals surface area contributed by atoms with E-state index in [1.165, 1.54) is 0 Å². The lowest BCUT2D eigenvalue weighted by atomic mass is 9.96. The molecule has 0 heterocycles. The maximum atomic E-state index is 9.98. The van der Waals surface area contributed by atoms with Crippen LogP contribution in [0.15, 0.2) is 18.2 Å². The number of aromatic hydroxyl groups is 1. The number of hydrogen-bond donors (Lipinski definition) is 1. The van der Waals surface area contributed by atoms with Crippen molar-refractivity contribution in [2.24, 2.45) is 5.41 Å². The molecule has 1 rings (SSSR count). The number of benzene rings is 1. The van der Waals surface area contributed by atoms with E-state index in [1.807, 2.05) is 12.1 Å². The lowest BCUT2D eigenvalue weighted by molar-refractivity contribution is 0.218. The second-order valence-corrected chi connectivity index (χ2v) is 5.70. The fraction of sp³-hybridized carbons (Fsp3) is 0.571. The number of hydrogen-bond acceptors (Lipinski definition) is 3. The molecule has 0 aliphatic heterocycles. The number of phenols is 1. The first kappa shape index (κ1) is 13.8. The van der Waals surface area contributed by atoms with Gasteiger partial charge in [0.25, 0.3) is 0 Å². The number of nitrogens with zero attached hydrogens (tertiary/aromatic N) is 1. The van der Waals surface area contributed by atoms with Crippen molar-refractivity contribution in [3.8, 4) is 11.5 Å². The molecule has 1 N–H and O–H groups in total. The van der Waals surface area contributed by atoms with Crippen LogP contribution in [-0.4, -0.2) is 30.7 Å². The molecule has 0 bridgehead atoms. The highest BCUT2D eigenvalue weighted by atomic mass is 16.5. The average Bonchev–Trinajstić information content (AvgIpc) is 2.18. The van der Waals surface area contributed by atoms with Gasteiger partial charge in [-0.05, 0) is 18.5 Å². The van der Waals surface area contributed by atoms with Crippen LogP contribution in [0, 0.1) is 5.41 Å². The van der Waals surface area contributed by atoms with Crippen molar-refractivity contribution in [2.45, 2.75) is 27.3 Å². The zero-order chi connectivity index (χ0) is 13.1. The molecule has 1 aromatic carbocycles. The fourth-order valence-electron chi connectivity index (χ4n) is 2.02. The first-order valence-corrected chi connectivity index (χ1v) is 5.87. The molecular formula is C14H23NO2. The van der Waals surface area contributed by atoms with Crippen molar-refractivity contribution < 1.29 is 9.84 Å². The lowest BCUT2D eigenvalue weighted by Gasteiger charge is -2.26. The third-order valence-electron chi connectivity index (χ3n) is 2.49. The Morgan fingerprint density at radius 2 is 1.94 bits per heavy atom. The van der Waals surface area contributed by atoms with E-state index in [-0.39, 0.29) is 11.2 Å². The van der Waals surface area contributed by atoms with Crippen LogP contribution in [-0.2, 0) is 6.54 Å². The van der Waals surface area contributed by atoms with E-state index in [0.29, 0.717) is 5.75 Å². The van der Waals surface area contributed by atoms with Gasteiger partial charge in [0.1, 0.15) is 0 Å². The third-order valence-corrected chi connectivity index (χ3v) is 2.49. The Hall–Kier alpha value is -1.22. The van der Waals surface area contributed by atoms with Crippen molar-refractivity contribution in [3.63, 3.8) is 0 Å². The van der Waals surface area contributed by atoms with E-state index < -0.39 is 0 Å². The zero-order valence-electron chi connectivity index (χ0n) is 11.4. The Labute approximate surface area is 104 Å². The fourth-order valence-corrected chi connectivity index (χ4v) is 2.02. The molecule has 0 unspecified atom stereocenters. The maximum absolute atomic E-state index is 9.98. The van der Waals surface area contributed by atoms with Gasteiger partial charge < -0.3 is 14.7 Å². The summed E-state index contributed by atoms with van der Waals surface area (Å²) in [6, 6.07) is 5.60. The molecule has 0 saturated heterocycles. The molecule has 1 aromatic rings. The van der Waals surface area contributed by atoms with Crippen LogP contribution in [0.25, 0.3) is 0 Å². The lowest BCUT2D eigenvalue weighted by Crippen LogP contribution is -2.28. The van der Waals surface area contributed by atoms with Gasteiger partial charge in [-0.2, -0.15) is 0 Å². The summed E-state index contributed by atoms with van der Waals surface area (Å²) in [7, 11) is 3.63. The Morgan fingerprint density at radius 3 is 2.47 bits per heavy atom. The van der Waals surface area contributed by atoms with Crippen molar-refractivity contribution in [1.29, 1.82) is 0 Å². The molecule has 0 saturated carbocycles. The Balaban J connectivity index is 2.75. The molecule has 96 valence electrons. The summed E-state index contributed by atoms with van der Waals surface area (Å²) < 4.78 is 5.10. The normalized spacial score (nSPS) is 11.9. The predicted molar refractivity (Wildman–Crippen MR) is 70.4 cm³/mol. The van der Waals surface area contributed by atoms with Gasteiger partial charge in [0.05, 0.1) is 7.11 Å². The highest BCUT2D eigenvalue weighted by molar-refractivity contribution is 5.45. The predicted octanol–water partition coefficient (Wildman–Crippen LogP) is 2.88. The second kappa shape index (κ2) is 5.41. The number of para-hydroxylation sites is 1. The topological polar surface area (TPSA) is 32.7 Å². The van der Waals surface area contributed by atoms with Crippen LogP contribution < -0.4 is 4.74 Å². The van der Waals surface area contributed by atoms with Crippen LogP contribution in [0.5, 0.6) is 11.5 Å². The first-order valence-electron chi connectivity index (χ1n) is 5.87. The second-order valence-electron chi connectivity index (χ2n) is 5.70. The average molecular weight is 237 g/mol. The van der Waals surface area contributed by atoms with E-state index in [2.05, 4.69) is 32.7 Å². The molecule has 0 atom stereocenters. The van der Waals surface area contributed by atoms with Gasteiger partial charge in [-0.25, -0.2) is 0 Å². The molecule has 0 aliphatic rings. The van der Waals surface area contributed by atoms with Crippen LogP contribution >= 0.6 is 0 Å². The molecular weight excluding hydrogens is 214 g/mol. The minimum absolute atomic E-state index is 0.246. The molecule has 3 heteroatoms. The number of ether oxygens (including phenoxy) is 1. The molecule has 0 fully saturated rings. The van der Waals surface area contributed by atoms with E-state index in [9.17, 15) is 5.11 Å². The van der Waals surface area contributed by atoms with Gasteiger partial charge in [-0.3, -0.25) is 0 Å². The number of rotatable bonds is 4. The third kappa shape index (κ3) is 4.27. The number of methoxy groups -OCH3 is 1. The van der Waals surface area contributed by atoms with Crippen molar-refractivity contribution >= 4 is 0 Å². The van der Waals surface area contributed by atoms with E-state index in [0.717, 1.165) is 18.7 Å². The standard InChI is InChI=1S/C14H23NO2/c1-14(2,3)10-15(4)9-11-7-6-8-12(17-5)13(11)16/h6-8,16H,9-10H2,1-5H3. The number of phenolic OH excluding ortho intramolecular Hbond substituents is 1. The van der Waals surface area contributed by atoms with Gasteiger partial charge in [0.15, 0.2) is 11.5 Å². The minimum Gasteiger partial charge on any atom is -0.504 e. The van der Waals surface area contributed by atoms with Crippen molar-refractivity contribution in [3.05, 3.63) is 23.8 Å². The zero-order valence-corrected chi connectivity index (χ0v) is 11.4. The summed E-state index contributed by atoms with van der Waals surface area (Å²) in [5.74, 6) is 0.780. The molecule has 3 nitrogen and oxygen atoms in total. The molecule has 17 heavy (non-hydrogen) atoms. The van der Waals surface area contributed by atoms with E-state index >= 15 is 0 Å². The summed E-state index contributed by atoms with van der Waals surface area (Å²) in [6.45, 7) is 8.31. The monoisotopic (exact) mass is 237 g/mol. The van der Waals surface area contributed by atoms with E-state index in [1.54, 1.807) is 13.2 Å². The maximum Gasteiger partial charge on any atom is 0.162 e. The summed E-state index contributed by atoms with van der Waals surface area (Å²) in [6.07, 6.45) is 0. The van der Waals surface area contributed by atoms with Gasteiger partial charge in [0.2, 0.25) is 0 Å². The quantitative estimate of drug-likeness (QED) is 0.874. The summed E-state index contributed by atoms with van der Waals surface area (Å²) in [5.41, 5.74) is 1.15. The Kier molecular flexibility index (Phi) is 4.40. The molecule has 0 radical (unpaired) electrons. The van der Waals surface area contributed by atoms with Crippen molar-refractivity contribution in [1.82, 2.24) is 4.90 Å². The highest BCUT2D eigenvalue weighted by Crippen LogP contribution is 2.30. The van der Waals surface area contributed by atoms with Gasteiger partial charge in [0, 0.05) is 18.7 Å². The van der Waals surface area contributed by atoms with Crippen LogP contribution in [0.4, 0.5) is 0 Å². The summed E-state index contributed by atoms with van der Waals surface area (Å²) in [5, 5.41) is 9.98. The minimum atomic E-state index is 0.246. The highest BCUT2D eigenvalue weighted by Gasteiger charge is 2.15. The van der Waals surface area contributed by atoms with Gasteiger partial charge in [-0.1, -0.05) is 32.9 Å². The molecule has 0 amide bonds. The Bertz CT molecular complexity index is 369. The summed E-state index contributed by atoms with van der Waals surface area (Å²) in [4.78, 5) is 2.20. The first-order chi connectivity index (χ1) is 7.83. The largest absolute Gasteiger partial charge is 0.504 e. The molecule has 0 aliphatic carbocycles. The van der Waals surface area contributed by atoms with Crippen LogP contribution in [0.1, 0.15) is 26.3 Å². The summed E-state index contributed by atoms with van der Waals surface area (Å²) >= 11 is 0. The van der Waals surface area contributed by atoms with Crippen LogP contribution in [0.3, 0.4) is 0 Å².